The smallest absolute Gasteiger partial charge is 0.171 e. The summed E-state index contributed by atoms with van der Waals surface area (Å²) in [6.07, 6.45) is 0. The molecule has 0 aliphatic carbocycles. The Morgan fingerprint density at radius 2 is 1.62 bits per heavy atom. The van der Waals surface area contributed by atoms with E-state index >= 15 is 0 Å². The zero-order chi connectivity index (χ0) is 17.5. The fraction of sp³-hybridized carbons (Fsp3) is 0.316. The molecule has 0 aromatic heterocycles. The number of hydrogen-bond donors (Lipinski definition) is 2. The number of methoxy groups -OCH3 is 1. The van der Waals surface area contributed by atoms with Gasteiger partial charge in [-0.25, -0.2) is 0 Å². The van der Waals surface area contributed by atoms with Crippen LogP contribution in [0.25, 0.3) is 0 Å². The van der Waals surface area contributed by atoms with Crippen molar-refractivity contribution in [3.8, 4) is 11.5 Å². The Labute approximate surface area is 149 Å². The van der Waals surface area contributed by atoms with Gasteiger partial charge in [-0.05, 0) is 80.5 Å². The molecule has 0 fully saturated rings. The summed E-state index contributed by atoms with van der Waals surface area (Å²) >= 11 is 5.37. The van der Waals surface area contributed by atoms with Crippen LogP contribution in [-0.4, -0.2) is 24.9 Å². The quantitative estimate of drug-likeness (QED) is 0.774. The first-order valence-corrected chi connectivity index (χ1v) is 8.30. The topological polar surface area (TPSA) is 42.5 Å². The summed E-state index contributed by atoms with van der Waals surface area (Å²) in [6.45, 7) is 6.68. The number of hydrogen-bond acceptors (Lipinski definition) is 3. The van der Waals surface area contributed by atoms with Gasteiger partial charge in [-0.2, -0.15) is 0 Å². The molecular weight excluding hydrogens is 320 g/mol. The van der Waals surface area contributed by atoms with Crippen molar-refractivity contribution in [1.29, 1.82) is 0 Å². The van der Waals surface area contributed by atoms with Crippen LogP contribution in [0, 0.1) is 13.8 Å². The highest BCUT2D eigenvalue weighted by Gasteiger charge is 2.06. The second-order valence-electron chi connectivity index (χ2n) is 5.86. The Balaban J connectivity index is 1.80. The van der Waals surface area contributed by atoms with Crippen LogP contribution in [0.4, 0.5) is 5.69 Å². The van der Waals surface area contributed by atoms with Crippen molar-refractivity contribution in [1.82, 2.24) is 5.32 Å². The molecule has 0 saturated carbocycles. The maximum atomic E-state index is 5.75. The monoisotopic (exact) mass is 344 g/mol. The minimum absolute atomic E-state index is 0.0815. The van der Waals surface area contributed by atoms with Gasteiger partial charge in [-0.1, -0.05) is 6.07 Å². The Morgan fingerprint density at radius 3 is 2.21 bits per heavy atom. The molecule has 1 unspecified atom stereocenters. The van der Waals surface area contributed by atoms with Gasteiger partial charge in [0.15, 0.2) is 5.11 Å². The highest BCUT2D eigenvalue weighted by atomic mass is 32.1. The first kappa shape index (κ1) is 18.1. The van der Waals surface area contributed by atoms with E-state index in [1.54, 1.807) is 7.11 Å². The number of benzene rings is 2. The third-order valence-electron chi connectivity index (χ3n) is 3.42. The molecule has 0 amide bonds. The molecule has 0 radical (unpaired) electrons. The summed E-state index contributed by atoms with van der Waals surface area (Å²) in [4.78, 5) is 0. The van der Waals surface area contributed by atoms with Crippen LogP contribution >= 0.6 is 12.2 Å². The lowest BCUT2D eigenvalue weighted by Gasteiger charge is -2.18. The summed E-state index contributed by atoms with van der Waals surface area (Å²) in [5.74, 6) is 1.62. The van der Waals surface area contributed by atoms with Gasteiger partial charge in [0.1, 0.15) is 18.1 Å². The van der Waals surface area contributed by atoms with E-state index in [-0.39, 0.29) is 6.04 Å². The maximum Gasteiger partial charge on any atom is 0.171 e. The van der Waals surface area contributed by atoms with Crippen molar-refractivity contribution in [3.05, 3.63) is 53.6 Å². The van der Waals surface area contributed by atoms with Crippen LogP contribution in [0.1, 0.15) is 18.1 Å². The van der Waals surface area contributed by atoms with E-state index in [1.807, 2.05) is 31.2 Å². The Morgan fingerprint density at radius 1 is 1.04 bits per heavy atom. The SMILES string of the molecule is COc1ccc(OCC(C)NC(=S)Nc2cc(C)cc(C)c2)cc1. The molecule has 2 aromatic rings. The second kappa shape index (κ2) is 8.55. The predicted molar refractivity (Wildman–Crippen MR) is 103 cm³/mol. The first-order valence-electron chi connectivity index (χ1n) is 7.89. The summed E-state index contributed by atoms with van der Waals surface area (Å²) in [5.41, 5.74) is 3.40. The third-order valence-corrected chi connectivity index (χ3v) is 3.64. The summed E-state index contributed by atoms with van der Waals surface area (Å²) in [6, 6.07) is 13.9. The highest BCUT2D eigenvalue weighted by molar-refractivity contribution is 7.80. The summed E-state index contributed by atoms with van der Waals surface area (Å²) in [7, 11) is 1.64. The molecular formula is C19H24N2O2S. The Hall–Kier alpha value is -2.27. The van der Waals surface area contributed by atoms with Crippen LogP contribution in [0.15, 0.2) is 42.5 Å². The van der Waals surface area contributed by atoms with Gasteiger partial charge >= 0.3 is 0 Å². The third kappa shape index (κ3) is 5.74. The molecule has 2 rings (SSSR count). The van der Waals surface area contributed by atoms with Gasteiger partial charge in [0.2, 0.25) is 0 Å². The van der Waals surface area contributed by atoms with Crippen LogP contribution in [0.3, 0.4) is 0 Å². The van der Waals surface area contributed by atoms with E-state index in [1.165, 1.54) is 11.1 Å². The van der Waals surface area contributed by atoms with Crippen molar-refractivity contribution in [2.75, 3.05) is 19.0 Å². The van der Waals surface area contributed by atoms with Gasteiger partial charge in [0, 0.05) is 5.69 Å². The highest BCUT2D eigenvalue weighted by Crippen LogP contribution is 2.17. The predicted octanol–water partition coefficient (Wildman–Crippen LogP) is 4.07. The number of thiocarbonyl (C=S) groups is 1. The lowest BCUT2D eigenvalue weighted by molar-refractivity contribution is 0.286. The molecule has 0 heterocycles. The van der Waals surface area contributed by atoms with E-state index in [2.05, 4.69) is 42.7 Å². The lowest BCUT2D eigenvalue weighted by Crippen LogP contribution is -2.39. The van der Waals surface area contributed by atoms with Crippen LogP contribution in [-0.2, 0) is 0 Å². The van der Waals surface area contributed by atoms with E-state index in [9.17, 15) is 0 Å². The molecule has 5 heteroatoms. The minimum atomic E-state index is 0.0815. The van der Waals surface area contributed by atoms with Gasteiger partial charge in [0.25, 0.3) is 0 Å². The van der Waals surface area contributed by atoms with E-state index in [0.29, 0.717) is 11.7 Å². The van der Waals surface area contributed by atoms with Gasteiger partial charge in [0.05, 0.1) is 13.2 Å². The number of rotatable bonds is 6. The Kier molecular flexibility index (Phi) is 6.44. The number of nitrogens with one attached hydrogen (secondary N) is 2. The molecule has 0 saturated heterocycles. The molecule has 24 heavy (non-hydrogen) atoms. The van der Waals surface area contributed by atoms with Gasteiger partial charge in [-0.3, -0.25) is 0 Å². The molecule has 0 spiro atoms. The normalized spacial score (nSPS) is 11.5. The standard InChI is InChI=1S/C19H24N2O2S/c1-13-9-14(2)11-16(10-13)21-19(24)20-15(3)12-23-18-7-5-17(22-4)6-8-18/h5-11,15H,12H2,1-4H3,(H2,20,21,24). The number of ether oxygens (including phenoxy) is 2. The summed E-state index contributed by atoms with van der Waals surface area (Å²) < 4.78 is 10.9. The van der Waals surface area contributed by atoms with Crippen LogP contribution in [0.5, 0.6) is 11.5 Å². The fourth-order valence-electron chi connectivity index (χ4n) is 2.37. The zero-order valence-corrected chi connectivity index (χ0v) is 15.4. The lowest BCUT2D eigenvalue weighted by atomic mass is 10.1. The molecule has 128 valence electrons. The van der Waals surface area contributed by atoms with Crippen molar-refractivity contribution in [3.63, 3.8) is 0 Å². The van der Waals surface area contributed by atoms with E-state index < -0.39 is 0 Å². The molecule has 2 N–H and O–H groups in total. The molecule has 0 aliphatic rings. The maximum absolute atomic E-state index is 5.75. The van der Waals surface area contributed by atoms with Crippen LogP contribution in [0.2, 0.25) is 0 Å². The molecule has 4 nitrogen and oxygen atoms in total. The molecule has 0 aliphatic heterocycles. The molecule has 1 atom stereocenters. The van der Waals surface area contributed by atoms with Gasteiger partial charge in [-0.15, -0.1) is 0 Å². The second-order valence-corrected chi connectivity index (χ2v) is 6.27. The fourth-order valence-corrected chi connectivity index (χ4v) is 2.69. The Bertz CT molecular complexity index is 666. The van der Waals surface area contributed by atoms with Crippen molar-refractivity contribution in [2.24, 2.45) is 0 Å². The van der Waals surface area contributed by atoms with Gasteiger partial charge < -0.3 is 20.1 Å². The van der Waals surface area contributed by atoms with E-state index in [4.69, 9.17) is 21.7 Å². The van der Waals surface area contributed by atoms with Crippen molar-refractivity contribution < 1.29 is 9.47 Å². The number of aryl methyl sites for hydroxylation is 2. The molecule has 2 aromatic carbocycles. The zero-order valence-electron chi connectivity index (χ0n) is 14.6. The first-order chi connectivity index (χ1) is 11.5. The van der Waals surface area contributed by atoms with Crippen molar-refractivity contribution >= 4 is 23.0 Å². The largest absolute Gasteiger partial charge is 0.497 e. The summed E-state index contributed by atoms with van der Waals surface area (Å²) in [5, 5.41) is 7.04. The average Bonchev–Trinajstić information content (AvgIpc) is 2.52. The van der Waals surface area contributed by atoms with Crippen molar-refractivity contribution in [2.45, 2.75) is 26.8 Å². The number of anilines is 1. The minimum Gasteiger partial charge on any atom is -0.497 e. The van der Waals surface area contributed by atoms with Crippen LogP contribution < -0.4 is 20.1 Å². The average molecular weight is 344 g/mol. The van der Waals surface area contributed by atoms with E-state index in [0.717, 1.165) is 17.2 Å². The molecule has 0 bridgehead atoms.